The highest BCUT2D eigenvalue weighted by Crippen LogP contribution is 2.04. The topological polar surface area (TPSA) is 27.6 Å². The molecule has 0 heterocycles. The molecule has 0 unspecified atom stereocenters. The number of hydrogen-bond acceptors (Lipinski definition) is 3. The van der Waals surface area contributed by atoms with Crippen LogP contribution in [0.2, 0.25) is 0 Å². The molecule has 0 spiro atoms. The fraction of sp³-hybridized carbons (Fsp3) is 0.417. The highest BCUT2D eigenvalue weighted by atomic mass is 15.3. The number of hydrogen-bond donors (Lipinski definition) is 1. The van der Waals surface area contributed by atoms with Gasteiger partial charge in [0.15, 0.2) is 0 Å². The second kappa shape index (κ2) is 6.19. The minimum absolute atomic E-state index is 0.993. The minimum atomic E-state index is 0.993. The first-order valence-corrected chi connectivity index (χ1v) is 5.17. The van der Waals surface area contributed by atoms with Crippen LogP contribution in [0.4, 0.5) is 5.69 Å². The van der Waals surface area contributed by atoms with Crippen LogP contribution in [0.25, 0.3) is 0 Å². The summed E-state index contributed by atoms with van der Waals surface area (Å²) in [6.07, 6.45) is 0.993. The van der Waals surface area contributed by atoms with E-state index in [-0.39, 0.29) is 0 Å². The Morgan fingerprint density at radius 1 is 1.27 bits per heavy atom. The van der Waals surface area contributed by atoms with E-state index < -0.39 is 0 Å². The van der Waals surface area contributed by atoms with Crippen LogP contribution in [0.5, 0.6) is 0 Å². The predicted octanol–water partition coefficient (Wildman–Crippen LogP) is 2.43. The SMILES string of the molecule is CC(CCN(C)C)=NNc1ccccc1. The molecule has 3 nitrogen and oxygen atoms in total. The van der Waals surface area contributed by atoms with Gasteiger partial charge >= 0.3 is 0 Å². The van der Waals surface area contributed by atoms with Gasteiger partial charge in [-0.3, -0.25) is 5.43 Å². The molecule has 1 rings (SSSR count). The molecular formula is C12H19N3. The number of anilines is 1. The van der Waals surface area contributed by atoms with Gasteiger partial charge in [0.1, 0.15) is 0 Å². The van der Waals surface area contributed by atoms with Gasteiger partial charge in [0, 0.05) is 12.3 Å². The Bertz CT molecular complexity index is 304. The van der Waals surface area contributed by atoms with E-state index in [1.165, 1.54) is 0 Å². The molecule has 1 aromatic rings. The first kappa shape index (κ1) is 11.7. The van der Waals surface area contributed by atoms with Gasteiger partial charge in [-0.05, 0) is 39.6 Å². The van der Waals surface area contributed by atoms with Gasteiger partial charge in [0.05, 0.1) is 5.69 Å². The van der Waals surface area contributed by atoms with Crippen molar-refractivity contribution >= 4 is 11.4 Å². The van der Waals surface area contributed by atoms with Crippen LogP contribution < -0.4 is 5.43 Å². The molecule has 0 radical (unpaired) electrons. The quantitative estimate of drug-likeness (QED) is 0.590. The first-order chi connectivity index (χ1) is 7.18. The third-order valence-electron chi connectivity index (χ3n) is 2.07. The molecule has 0 fully saturated rings. The van der Waals surface area contributed by atoms with Gasteiger partial charge in [0.2, 0.25) is 0 Å². The highest BCUT2D eigenvalue weighted by Gasteiger charge is 1.94. The average molecular weight is 205 g/mol. The first-order valence-electron chi connectivity index (χ1n) is 5.17. The molecular weight excluding hydrogens is 186 g/mol. The number of hydrazone groups is 1. The molecule has 0 bridgehead atoms. The number of nitrogens with zero attached hydrogens (tertiary/aromatic N) is 2. The lowest BCUT2D eigenvalue weighted by Crippen LogP contribution is -2.15. The van der Waals surface area contributed by atoms with Crippen molar-refractivity contribution in [2.45, 2.75) is 13.3 Å². The van der Waals surface area contributed by atoms with Gasteiger partial charge in [-0.1, -0.05) is 18.2 Å². The maximum absolute atomic E-state index is 4.31. The summed E-state index contributed by atoms with van der Waals surface area (Å²) in [6, 6.07) is 9.99. The van der Waals surface area contributed by atoms with Crippen molar-refractivity contribution in [3.63, 3.8) is 0 Å². The minimum Gasteiger partial charge on any atom is -0.309 e. The lowest BCUT2D eigenvalue weighted by molar-refractivity contribution is 0.421. The zero-order valence-corrected chi connectivity index (χ0v) is 9.70. The summed E-state index contributed by atoms with van der Waals surface area (Å²) in [4.78, 5) is 2.15. The molecule has 82 valence electrons. The molecule has 1 N–H and O–H groups in total. The third kappa shape index (κ3) is 5.18. The zero-order valence-electron chi connectivity index (χ0n) is 9.70. The summed E-state index contributed by atoms with van der Waals surface area (Å²) in [7, 11) is 4.13. The van der Waals surface area contributed by atoms with Crippen LogP contribution in [-0.2, 0) is 0 Å². The van der Waals surface area contributed by atoms with Crippen molar-refractivity contribution in [2.24, 2.45) is 5.10 Å². The lowest BCUT2D eigenvalue weighted by Gasteiger charge is -2.08. The molecule has 0 saturated carbocycles. The predicted molar refractivity (Wildman–Crippen MR) is 66.3 cm³/mol. The van der Waals surface area contributed by atoms with Gasteiger partial charge in [-0.15, -0.1) is 0 Å². The Kier molecular flexibility index (Phi) is 4.84. The number of benzene rings is 1. The van der Waals surface area contributed by atoms with Gasteiger partial charge in [0.25, 0.3) is 0 Å². The fourth-order valence-corrected chi connectivity index (χ4v) is 1.11. The highest BCUT2D eigenvalue weighted by molar-refractivity contribution is 5.82. The second-order valence-corrected chi connectivity index (χ2v) is 3.88. The Hall–Kier alpha value is -1.35. The van der Waals surface area contributed by atoms with Gasteiger partial charge in [-0.2, -0.15) is 5.10 Å². The van der Waals surface area contributed by atoms with Crippen LogP contribution in [0.15, 0.2) is 35.4 Å². The van der Waals surface area contributed by atoms with Crippen LogP contribution in [-0.4, -0.2) is 31.3 Å². The monoisotopic (exact) mass is 205 g/mol. The Morgan fingerprint density at radius 3 is 2.53 bits per heavy atom. The summed E-state index contributed by atoms with van der Waals surface area (Å²) in [6.45, 7) is 3.07. The maximum Gasteiger partial charge on any atom is 0.0561 e. The van der Waals surface area contributed by atoms with E-state index in [9.17, 15) is 0 Å². The third-order valence-corrected chi connectivity index (χ3v) is 2.07. The summed E-state index contributed by atoms with van der Waals surface area (Å²) < 4.78 is 0. The van der Waals surface area contributed by atoms with Crippen molar-refractivity contribution in [1.82, 2.24) is 4.90 Å². The molecule has 1 aromatic carbocycles. The summed E-state index contributed by atoms with van der Waals surface area (Å²) in [5.74, 6) is 0. The smallest absolute Gasteiger partial charge is 0.0561 e. The fourth-order valence-electron chi connectivity index (χ4n) is 1.11. The van der Waals surface area contributed by atoms with E-state index in [2.05, 4.69) is 29.5 Å². The number of nitrogens with one attached hydrogen (secondary N) is 1. The molecule has 0 aliphatic carbocycles. The van der Waals surface area contributed by atoms with Crippen molar-refractivity contribution in [3.8, 4) is 0 Å². The maximum atomic E-state index is 4.31. The number of rotatable bonds is 5. The molecule has 0 aliphatic heterocycles. The second-order valence-electron chi connectivity index (χ2n) is 3.88. The molecule has 0 aromatic heterocycles. The molecule has 0 amide bonds. The average Bonchev–Trinajstić information content (AvgIpc) is 2.25. The zero-order chi connectivity index (χ0) is 11.1. The van der Waals surface area contributed by atoms with Crippen LogP contribution >= 0.6 is 0 Å². The van der Waals surface area contributed by atoms with Gasteiger partial charge < -0.3 is 4.90 Å². The Balaban J connectivity index is 2.37. The molecule has 3 heteroatoms. The van der Waals surface area contributed by atoms with E-state index in [0.717, 1.165) is 24.4 Å². The summed E-state index contributed by atoms with van der Waals surface area (Å²) in [5.41, 5.74) is 5.19. The van der Waals surface area contributed by atoms with Crippen molar-refractivity contribution < 1.29 is 0 Å². The molecule has 0 saturated heterocycles. The van der Waals surface area contributed by atoms with E-state index in [0.29, 0.717) is 0 Å². The van der Waals surface area contributed by atoms with E-state index in [4.69, 9.17) is 0 Å². The van der Waals surface area contributed by atoms with Crippen LogP contribution in [0.3, 0.4) is 0 Å². The van der Waals surface area contributed by atoms with Gasteiger partial charge in [-0.25, -0.2) is 0 Å². The molecule has 0 atom stereocenters. The van der Waals surface area contributed by atoms with Crippen molar-refractivity contribution in [3.05, 3.63) is 30.3 Å². The van der Waals surface area contributed by atoms with Crippen molar-refractivity contribution in [1.29, 1.82) is 0 Å². The van der Waals surface area contributed by atoms with Crippen LogP contribution in [0, 0.1) is 0 Å². The van der Waals surface area contributed by atoms with Crippen LogP contribution in [0.1, 0.15) is 13.3 Å². The lowest BCUT2D eigenvalue weighted by atomic mass is 10.3. The summed E-state index contributed by atoms with van der Waals surface area (Å²) >= 11 is 0. The molecule has 15 heavy (non-hydrogen) atoms. The standard InChI is InChI=1S/C12H19N3/c1-11(9-10-15(2)3)13-14-12-7-5-4-6-8-12/h4-8,14H,9-10H2,1-3H3. The van der Waals surface area contributed by atoms with Crippen molar-refractivity contribution in [2.75, 3.05) is 26.1 Å². The van der Waals surface area contributed by atoms with E-state index >= 15 is 0 Å². The normalized spacial score (nSPS) is 11.9. The van der Waals surface area contributed by atoms with E-state index in [1.54, 1.807) is 0 Å². The van der Waals surface area contributed by atoms with E-state index in [1.807, 2.05) is 37.3 Å². The largest absolute Gasteiger partial charge is 0.309 e. The Labute approximate surface area is 91.8 Å². The Morgan fingerprint density at radius 2 is 1.93 bits per heavy atom. The summed E-state index contributed by atoms with van der Waals surface area (Å²) in [5, 5.41) is 4.31. The number of para-hydroxylation sites is 1. The molecule has 0 aliphatic rings.